The van der Waals surface area contributed by atoms with Crippen LogP contribution in [0.15, 0.2) is 16.5 Å². The largest absolute Gasteiger partial charge is 0.465 e. The standard InChI is InChI=1S/C16H26N2O2/c1-12(2)10-17-16(19)14-6-8-18(9-7-14)11-15-5-4-13(3)20-15/h4-5,12,14H,6-11H2,1-3H3,(H,17,19). The highest BCUT2D eigenvalue weighted by molar-refractivity contribution is 5.78. The molecule has 4 heteroatoms. The van der Waals surface area contributed by atoms with Gasteiger partial charge in [0.15, 0.2) is 0 Å². The van der Waals surface area contributed by atoms with E-state index in [9.17, 15) is 4.79 Å². The summed E-state index contributed by atoms with van der Waals surface area (Å²) in [6, 6.07) is 4.04. The van der Waals surface area contributed by atoms with Crippen LogP contribution in [0.1, 0.15) is 38.2 Å². The minimum Gasteiger partial charge on any atom is -0.465 e. The molecule has 0 radical (unpaired) electrons. The zero-order valence-electron chi connectivity index (χ0n) is 12.8. The summed E-state index contributed by atoms with van der Waals surface area (Å²) in [5.74, 6) is 2.91. The first-order valence-electron chi connectivity index (χ1n) is 7.60. The number of furan rings is 1. The highest BCUT2D eigenvalue weighted by Gasteiger charge is 2.25. The predicted octanol–water partition coefficient (Wildman–Crippen LogP) is 2.57. The summed E-state index contributed by atoms with van der Waals surface area (Å²) in [5.41, 5.74) is 0. The first-order chi connectivity index (χ1) is 9.54. The Bertz CT molecular complexity index is 431. The SMILES string of the molecule is Cc1ccc(CN2CCC(C(=O)NCC(C)C)CC2)o1. The molecule has 1 aliphatic heterocycles. The van der Waals surface area contributed by atoms with E-state index < -0.39 is 0 Å². The van der Waals surface area contributed by atoms with Crippen LogP contribution in [0.3, 0.4) is 0 Å². The molecule has 1 fully saturated rings. The van der Waals surface area contributed by atoms with Crippen molar-refractivity contribution >= 4 is 5.91 Å². The van der Waals surface area contributed by atoms with Gasteiger partial charge >= 0.3 is 0 Å². The van der Waals surface area contributed by atoms with Gasteiger partial charge in [0.1, 0.15) is 11.5 Å². The summed E-state index contributed by atoms with van der Waals surface area (Å²) in [6.45, 7) is 9.79. The van der Waals surface area contributed by atoms with Crippen molar-refractivity contribution < 1.29 is 9.21 Å². The number of piperidine rings is 1. The third-order valence-corrected chi connectivity index (χ3v) is 3.82. The van der Waals surface area contributed by atoms with Gasteiger partial charge in [0, 0.05) is 12.5 Å². The van der Waals surface area contributed by atoms with Crippen molar-refractivity contribution in [3.8, 4) is 0 Å². The summed E-state index contributed by atoms with van der Waals surface area (Å²) < 4.78 is 5.60. The van der Waals surface area contributed by atoms with E-state index in [2.05, 4.69) is 24.1 Å². The number of carbonyl (C=O) groups excluding carboxylic acids is 1. The van der Waals surface area contributed by atoms with Crippen LogP contribution in [0, 0.1) is 18.8 Å². The first-order valence-corrected chi connectivity index (χ1v) is 7.60. The molecule has 2 rings (SSSR count). The van der Waals surface area contributed by atoms with Crippen LogP contribution in [0.2, 0.25) is 0 Å². The monoisotopic (exact) mass is 278 g/mol. The molecule has 1 aliphatic rings. The van der Waals surface area contributed by atoms with Crippen molar-refractivity contribution in [2.45, 2.75) is 40.2 Å². The summed E-state index contributed by atoms with van der Waals surface area (Å²) in [7, 11) is 0. The molecule has 20 heavy (non-hydrogen) atoms. The van der Waals surface area contributed by atoms with E-state index in [1.54, 1.807) is 0 Å². The third-order valence-electron chi connectivity index (χ3n) is 3.82. The Morgan fingerprint density at radius 3 is 2.65 bits per heavy atom. The number of hydrogen-bond donors (Lipinski definition) is 1. The molecule has 2 heterocycles. The average Bonchev–Trinajstić information content (AvgIpc) is 2.82. The van der Waals surface area contributed by atoms with Crippen molar-refractivity contribution in [1.82, 2.24) is 10.2 Å². The van der Waals surface area contributed by atoms with Gasteiger partial charge in [-0.25, -0.2) is 0 Å². The number of nitrogens with one attached hydrogen (secondary N) is 1. The van der Waals surface area contributed by atoms with Crippen molar-refractivity contribution in [2.24, 2.45) is 11.8 Å². The van der Waals surface area contributed by atoms with E-state index >= 15 is 0 Å². The maximum Gasteiger partial charge on any atom is 0.223 e. The molecule has 0 aromatic carbocycles. The van der Waals surface area contributed by atoms with E-state index in [1.165, 1.54) is 0 Å². The molecule has 0 aliphatic carbocycles. The van der Waals surface area contributed by atoms with Gasteiger partial charge in [-0.05, 0) is 50.9 Å². The molecular formula is C16H26N2O2. The van der Waals surface area contributed by atoms with Crippen LogP contribution < -0.4 is 5.32 Å². The number of nitrogens with zero attached hydrogens (tertiary/aromatic N) is 1. The molecule has 0 saturated carbocycles. The molecule has 0 unspecified atom stereocenters. The van der Waals surface area contributed by atoms with Gasteiger partial charge in [0.05, 0.1) is 6.54 Å². The minimum atomic E-state index is 0.184. The summed E-state index contributed by atoms with van der Waals surface area (Å²) in [6.07, 6.45) is 1.90. The van der Waals surface area contributed by atoms with Crippen LogP contribution in [0.25, 0.3) is 0 Å². The molecule has 1 N–H and O–H groups in total. The molecule has 1 saturated heterocycles. The summed E-state index contributed by atoms with van der Waals surface area (Å²) >= 11 is 0. The summed E-state index contributed by atoms with van der Waals surface area (Å²) in [5, 5.41) is 3.04. The van der Waals surface area contributed by atoms with Crippen LogP contribution in [-0.2, 0) is 11.3 Å². The zero-order chi connectivity index (χ0) is 14.5. The van der Waals surface area contributed by atoms with Gasteiger partial charge in [0.2, 0.25) is 5.91 Å². The molecule has 1 aromatic rings. The molecule has 112 valence electrons. The Hall–Kier alpha value is -1.29. The number of aryl methyl sites for hydroxylation is 1. The Kier molecular flexibility index (Phi) is 5.24. The normalized spacial score (nSPS) is 17.6. The predicted molar refractivity (Wildman–Crippen MR) is 79.3 cm³/mol. The minimum absolute atomic E-state index is 0.184. The summed E-state index contributed by atoms with van der Waals surface area (Å²) in [4.78, 5) is 14.4. The molecule has 4 nitrogen and oxygen atoms in total. The maximum atomic E-state index is 12.0. The number of likely N-dealkylation sites (tertiary alicyclic amines) is 1. The van der Waals surface area contributed by atoms with Crippen LogP contribution >= 0.6 is 0 Å². The second-order valence-electron chi connectivity index (χ2n) is 6.20. The van der Waals surface area contributed by atoms with Gasteiger partial charge in [-0.3, -0.25) is 9.69 Å². The lowest BCUT2D eigenvalue weighted by atomic mass is 9.95. The van der Waals surface area contributed by atoms with Gasteiger partial charge in [-0.15, -0.1) is 0 Å². The Morgan fingerprint density at radius 2 is 2.10 bits per heavy atom. The Labute approximate surface area is 121 Å². The third kappa shape index (κ3) is 4.37. The molecule has 0 spiro atoms. The lowest BCUT2D eigenvalue weighted by Gasteiger charge is -2.30. The number of rotatable bonds is 5. The van der Waals surface area contributed by atoms with E-state index in [4.69, 9.17) is 4.42 Å². The van der Waals surface area contributed by atoms with Crippen LogP contribution in [0.4, 0.5) is 0 Å². The van der Waals surface area contributed by atoms with Crippen molar-refractivity contribution in [3.63, 3.8) is 0 Å². The van der Waals surface area contributed by atoms with E-state index in [0.717, 1.165) is 50.5 Å². The second kappa shape index (κ2) is 6.93. The lowest BCUT2D eigenvalue weighted by molar-refractivity contribution is -0.126. The quantitative estimate of drug-likeness (QED) is 0.900. The number of hydrogen-bond acceptors (Lipinski definition) is 3. The highest BCUT2D eigenvalue weighted by Crippen LogP contribution is 2.20. The fourth-order valence-corrected chi connectivity index (χ4v) is 2.59. The maximum absolute atomic E-state index is 12.0. The van der Waals surface area contributed by atoms with Gasteiger partial charge in [-0.1, -0.05) is 13.8 Å². The van der Waals surface area contributed by atoms with Crippen LogP contribution in [-0.4, -0.2) is 30.4 Å². The average molecular weight is 278 g/mol. The number of carbonyl (C=O) groups is 1. The fourth-order valence-electron chi connectivity index (χ4n) is 2.59. The topological polar surface area (TPSA) is 45.5 Å². The van der Waals surface area contributed by atoms with Crippen molar-refractivity contribution in [2.75, 3.05) is 19.6 Å². The van der Waals surface area contributed by atoms with Crippen molar-refractivity contribution in [1.29, 1.82) is 0 Å². The molecule has 0 atom stereocenters. The molecule has 1 aromatic heterocycles. The van der Waals surface area contributed by atoms with Crippen LogP contribution in [0.5, 0.6) is 0 Å². The van der Waals surface area contributed by atoms with Gasteiger partial charge in [-0.2, -0.15) is 0 Å². The molecule has 0 bridgehead atoms. The van der Waals surface area contributed by atoms with Crippen molar-refractivity contribution in [3.05, 3.63) is 23.7 Å². The zero-order valence-corrected chi connectivity index (χ0v) is 12.8. The van der Waals surface area contributed by atoms with E-state index in [0.29, 0.717) is 5.92 Å². The van der Waals surface area contributed by atoms with E-state index in [1.807, 2.05) is 19.1 Å². The van der Waals surface area contributed by atoms with Gasteiger partial charge in [0.25, 0.3) is 0 Å². The Morgan fingerprint density at radius 1 is 1.40 bits per heavy atom. The molecular weight excluding hydrogens is 252 g/mol. The second-order valence-corrected chi connectivity index (χ2v) is 6.20. The Balaban J connectivity index is 1.73. The first kappa shape index (κ1) is 15.1. The highest BCUT2D eigenvalue weighted by atomic mass is 16.3. The smallest absolute Gasteiger partial charge is 0.223 e. The van der Waals surface area contributed by atoms with Gasteiger partial charge < -0.3 is 9.73 Å². The number of amides is 1. The lowest BCUT2D eigenvalue weighted by Crippen LogP contribution is -2.41. The van der Waals surface area contributed by atoms with E-state index in [-0.39, 0.29) is 11.8 Å². The fraction of sp³-hybridized carbons (Fsp3) is 0.688. The molecule has 1 amide bonds.